The van der Waals surface area contributed by atoms with Gasteiger partial charge < -0.3 is 0 Å². The highest BCUT2D eigenvalue weighted by molar-refractivity contribution is 7.89. The molecule has 1 aliphatic rings. The molecule has 0 saturated carbocycles. The van der Waals surface area contributed by atoms with Gasteiger partial charge in [-0.25, -0.2) is 8.42 Å². The first-order chi connectivity index (χ1) is 10.7. The molecule has 1 aromatic carbocycles. The molecule has 1 saturated heterocycles. The zero-order chi connectivity index (χ0) is 15.4. The fourth-order valence-corrected chi connectivity index (χ4v) is 4.03. The van der Waals surface area contributed by atoms with Gasteiger partial charge in [0.2, 0.25) is 10.0 Å². The van der Waals surface area contributed by atoms with Crippen LogP contribution in [0.4, 0.5) is 0 Å². The minimum absolute atomic E-state index is 0.369. The Kier molecular flexibility index (Phi) is 4.52. The molecule has 1 aliphatic heterocycles. The van der Waals surface area contributed by atoms with Gasteiger partial charge in [0, 0.05) is 38.9 Å². The lowest BCUT2D eigenvalue weighted by atomic mass is 10.3. The van der Waals surface area contributed by atoms with E-state index in [4.69, 9.17) is 0 Å². The maximum absolute atomic E-state index is 12.5. The number of hydrogen-bond donors (Lipinski definition) is 0. The molecule has 2 aromatic rings. The summed E-state index contributed by atoms with van der Waals surface area (Å²) in [6.45, 7) is 3.25. The summed E-state index contributed by atoms with van der Waals surface area (Å²) in [5.74, 6) is 0. The van der Waals surface area contributed by atoms with Crippen molar-refractivity contribution in [1.82, 2.24) is 14.2 Å². The van der Waals surface area contributed by atoms with Crippen LogP contribution in [-0.4, -0.2) is 48.8 Å². The van der Waals surface area contributed by atoms with E-state index in [1.807, 2.05) is 24.3 Å². The summed E-state index contributed by atoms with van der Waals surface area (Å²) in [5.41, 5.74) is 1.02. The van der Waals surface area contributed by atoms with Crippen molar-refractivity contribution in [2.75, 3.05) is 26.2 Å². The van der Waals surface area contributed by atoms with Crippen LogP contribution in [-0.2, 0) is 16.6 Å². The van der Waals surface area contributed by atoms with Gasteiger partial charge in [0.05, 0.1) is 10.6 Å². The molecular weight excluding hydrogens is 298 g/mol. The Morgan fingerprint density at radius 3 is 2.23 bits per heavy atom. The highest BCUT2D eigenvalue weighted by Gasteiger charge is 2.28. The van der Waals surface area contributed by atoms with Crippen LogP contribution < -0.4 is 0 Å². The quantitative estimate of drug-likeness (QED) is 0.859. The standard InChI is InChI=1S/C16H19N3O2S/c20-22(21,16-7-2-1-3-8-16)19-12-10-18(11-13-19)14-15-6-4-5-9-17-15/h1-9H,10-14H2. The third-order valence-electron chi connectivity index (χ3n) is 3.82. The van der Waals surface area contributed by atoms with Crippen LogP contribution in [0.5, 0.6) is 0 Å². The van der Waals surface area contributed by atoms with Gasteiger partial charge in [0.1, 0.15) is 0 Å². The first kappa shape index (κ1) is 15.1. The number of nitrogens with zero attached hydrogens (tertiary/aromatic N) is 3. The van der Waals surface area contributed by atoms with Crippen molar-refractivity contribution < 1.29 is 8.42 Å². The van der Waals surface area contributed by atoms with Crippen molar-refractivity contribution in [3.05, 3.63) is 60.4 Å². The SMILES string of the molecule is O=S(=O)(c1ccccc1)N1CCN(Cc2ccccn2)CC1. The maximum Gasteiger partial charge on any atom is 0.243 e. The Balaban J connectivity index is 1.62. The van der Waals surface area contributed by atoms with E-state index in [0.717, 1.165) is 25.3 Å². The smallest absolute Gasteiger partial charge is 0.243 e. The van der Waals surface area contributed by atoms with E-state index >= 15 is 0 Å². The third-order valence-corrected chi connectivity index (χ3v) is 5.74. The molecule has 22 heavy (non-hydrogen) atoms. The van der Waals surface area contributed by atoms with E-state index in [9.17, 15) is 8.42 Å². The normalized spacial score (nSPS) is 17.5. The van der Waals surface area contributed by atoms with Crippen LogP contribution in [0.3, 0.4) is 0 Å². The second kappa shape index (κ2) is 6.56. The summed E-state index contributed by atoms with van der Waals surface area (Å²) in [5, 5.41) is 0. The van der Waals surface area contributed by atoms with Crippen molar-refractivity contribution in [2.24, 2.45) is 0 Å². The number of pyridine rings is 1. The molecule has 0 spiro atoms. The summed E-state index contributed by atoms with van der Waals surface area (Å²) in [7, 11) is -3.37. The number of aromatic nitrogens is 1. The van der Waals surface area contributed by atoms with E-state index in [-0.39, 0.29) is 0 Å². The van der Waals surface area contributed by atoms with Gasteiger partial charge in [-0.05, 0) is 24.3 Å². The van der Waals surface area contributed by atoms with Gasteiger partial charge in [0.25, 0.3) is 0 Å². The molecule has 3 rings (SSSR count). The van der Waals surface area contributed by atoms with Gasteiger partial charge in [-0.1, -0.05) is 24.3 Å². The molecule has 0 radical (unpaired) electrons. The molecule has 0 unspecified atom stereocenters. The zero-order valence-corrected chi connectivity index (χ0v) is 13.1. The first-order valence-electron chi connectivity index (χ1n) is 7.34. The largest absolute Gasteiger partial charge is 0.295 e. The van der Waals surface area contributed by atoms with Gasteiger partial charge in [-0.3, -0.25) is 9.88 Å². The van der Waals surface area contributed by atoms with E-state index < -0.39 is 10.0 Å². The Hall–Kier alpha value is -1.76. The maximum atomic E-state index is 12.5. The molecule has 0 aliphatic carbocycles. The van der Waals surface area contributed by atoms with Crippen molar-refractivity contribution in [1.29, 1.82) is 0 Å². The molecule has 1 fully saturated rings. The van der Waals surface area contributed by atoms with Gasteiger partial charge >= 0.3 is 0 Å². The van der Waals surface area contributed by atoms with Crippen LogP contribution in [0, 0.1) is 0 Å². The topological polar surface area (TPSA) is 53.5 Å². The molecule has 0 amide bonds. The summed E-state index contributed by atoms with van der Waals surface area (Å²) >= 11 is 0. The monoisotopic (exact) mass is 317 g/mol. The predicted octanol–water partition coefficient (Wildman–Crippen LogP) is 1.59. The predicted molar refractivity (Wildman–Crippen MR) is 84.7 cm³/mol. The molecule has 5 nitrogen and oxygen atoms in total. The lowest BCUT2D eigenvalue weighted by Crippen LogP contribution is -2.48. The highest BCUT2D eigenvalue weighted by atomic mass is 32.2. The van der Waals surface area contributed by atoms with Crippen LogP contribution >= 0.6 is 0 Å². The molecule has 0 N–H and O–H groups in total. The van der Waals surface area contributed by atoms with E-state index in [1.54, 1.807) is 34.8 Å². The van der Waals surface area contributed by atoms with Crippen LogP contribution in [0.25, 0.3) is 0 Å². The Bertz CT molecular complexity index is 697. The first-order valence-corrected chi connectivity index (χ1v) is 8.78. The summed E-state index contributed by atoms with van der Waals surface area (Å²) < 4.78 is 26.7. The van der Waals surface area contributed by atoms with Crippen LogP contribution in [0.1, 0.15) is 5.69 Å². The third kappa shape index (κ3) is 3.35. The number of sulfonamides is 1. The van der Waals surface area contributed by atoms with E-state index in [0.29, 0.717) is 18.0 Å². The Labute approximate surface area is 131 Å². The lowest BCUT2D eigenvalue weighted by molar-refractivity contribution is 0.180. The number of benzene rings is 1. The van der Waals surface area contributed by atoms with Gasteiger partial charge in [0.15, 0.2) is 0 Å². The molecular formula is C16H19N3O2S. The van der Waals surface area contributed by atoms with Crippen molar-refractivity contribution in [3.8, 4) is 0 Å². The molecule has 116 valence electrons. The number of rotatable bonds is 4. The highest BCUT2D eigenvalue weighted by Crippen LogP contribution is 2.17. The fourth-order valence-electron chi connectivity index (χ4n) is 2.59. The van der Waals surface area contributed by atoms with Crippen molar-refractivity contribution >= 4 is 10.0 Å². The van der Waals surface area contributed by atoms with Gasteiger partial charge in [-0.2, -0.15) is 4.31 Å². The van der Waals surface area contributed by atoms with E-state index in [2.05, 4.69) is 9.88 Å². The van der Waals surface area contributed by atoms with Crippen molar-refractivity contribution in [3.63, 3.8) is 0 Å². The van der Waals surface area contributed by atoms with Crippen LogP contribution in [0.2, 0.25) is 0 Å². The second-order valence-electron chi connectivity index (χ2n) is 5.31. The van der Waals surface area contributed by atoms with Gasteiger partial charge in [-0.15, -0.1) is 0 Å². The zero-order valence-electron chi connectivity index (χ0n) is 12.3. The molecule has 0 bridgehead atoms. The fraction of sp³-hybridized carbons (Fsp3) is 0.312. The van der Waals surface area contributed by atoms with Crippen LogP contribution in [0.15, 0.2) is 59.6 Å². The molecule has 6 heteroatoms. The average molecular weight is 317 g/mol. The minimum atomic E-state index is -3.37. The molecule has 1 aromatic heterocycles. The summed E-state index contributed by atoms with van der Waals surface area (Å²) in [4.78, 5) is 6.92. The number of piperazine rings is 1. The lowest BCUT2D eigenvalue weighted by Gasteiger charge is -2.33. The Morgan fingerprint density at radius 1 is 0.909 bits per heavy atom. The average Bonchev–Trinajstić information content (AvgIpc) is 2.57. The van der Waals surface area contributed by atoms with E-state index in [1.165, 1.54) is 0 Å². The molecule has 2 heterocycles. The summed E-state index contributed by atoms with van der Waals surface area (Å²) in [6, 6.07) is 14.5. The van der Waals surface area contributed by atoms with Crippen molar-refractivity contribution in [2.45, 2.75) is 11.4 Å². The molecule has 0 atom stereocenters. The second-order valence-corrected chi connectivity index (χ2v) is 7.25. The minimum Gasteiger partial charge on any atom is -0.295 e. The summed E-state index contributed by atoms with van der Waals surface area (Å²) in [6.07, 6.45) is 1.78. The number of hydrogen-bond acceptors (Lipinski definition) is 4. The Morgan fingerprint density at radius 2 is 1.59 bits per heavy atom.